The van der Waals surface area contributed by atoms with Crippen LogP contribution in [0.25, 0.3) is 10.9 Å². The van der Waals surface area contributed by atoms with Gasteiger partial charge in [-0.3, -0.25) is 9.48 Å². The van der Waals surface area contributed by atoms with Gasteiger partial charge < -0.3 is 5.11 Å². The molecule has 0 bridgehead atoms. The summed E-state index contributed by atoms with van der Waals surface area (Å²) >= 11 is 0. The Morgan fingerprint density at radius 2 is 2.24 bits per heavy atom. The first-order valence-electron chi connectivity index (χ1n) is 5.72. The minimum atomic E-state index is -0.736. The molecule has 90 valence electrons. The van der Waals surface area contributed by atoms with E-state index in [4.69, 9.17) is 5.11 Å². The highest BCUT2D eigenvalue weighted by atomic mass is 16.4. The van der Waals surface area contributed by atoms with Crippen LogP contribution in [0.1, 0.15) is 24.1 Å². The third kappa shape index (κ3) is 2.30. The van der Waals surface area contributed by atoms with Gasteiger partial charge in [0.25, 0.3) is 0 Å². The van der Waals surface area contributed by atoms with Crippen LogP contribution in [0.2, 0.25) is 0 Å². The molecular formula is C13H16N2O2. The molecule has 0 saturated carbocycles. The van der Waals surface area contributed by atoms with Crippen LogP contribution in [0.3, 0.4) is 0 Å². The highest BCUT2D eigenvalue weighted by Crippen LogP contribution is 2.23. The molecule has 0 fully saturated rings. The lowest BCUT2D eigenvalue weighted by atomic mass is 10.0. The van der Waals surface area contributed by atoms with Gasteiger partial charge >= 0.3 is 5.97 Å². The van der Waals surface area contributed by atoms with Crippen molar-refractivity contribution in [2.45, 2.75) is 26.2 Å². The monoisotopic (exact) mass is 232 g/mol. The van der Waals surface area contributed by atoms with E-state index in [1.165, 1.54) is 10.9 Å². The smallest absolute Gasteiger partial charge is 0.303 e. The van der Waals surface area contributed by atoms with E-state index in [1.54, 1.807) is 0 Å². The van der Waals surface area contributed by atoms with Crippen molar-refractivity contribution >= 4 is 16.9 Å². The fraction of sp³-hybridized carbons (Fsp3) is 0.385. The van der Waals surface area contributed by atoms with E-state index in [0.29, 0.717) is 6.42 Å². The van der Waals surface area contributed by atoms with Crippen LogP contribution >= 0.6 is 0 Å². The number of hydrogen-bond donors (Lipinski definition) is 1. The molecule has 0 aliphatic carbocycles. The summed E-state index contributed by atoms with van der Waals surface area (Å²) in [6.07, 6.45) is 1.68. The predicted molar refractivity (Wildman–Crippen MR) is 66.0 cm³/mol. The Balaban J connectivity index is 2.31. The topological polar surface area (TPSA) is 55.1 Å². The molecule has 0 aliphatic heterocycles. The van der Waals surface area contributed by atoms with Gasteiger partial charge in [0.15, 0.2) is 0 Å². The molecule has 1 N–H and O–H groups in total. The van der Waals surface area contributed by atoms with Crippen LogP contribution in [-0.4, -0.2) is 20.9 Å². The molecule has 1 aromatic carbocycles. The van der Waals surface area contributed by atoms with Crippen LogP contribution in [0, 0.1) is 6.92 Å². The fourth-order valence-corrected chi connectivity index (χ4v) is 2.24. The van der Waals surface area contributed by atoms with Gasteiger partial charge in [-0.2, -0.15) is 5.10 Å². The summed E-state index contributed by atoms with van der Waals surface area (Å²) in [6.45, 7) is 1.99. The van der Waals surface area contributed by atoms with Crippen LogP contribution in [0.5, 0.6) is 0 Å². The van der Waals surface area contributed by atoms with E-state index in [0.717, 1.165) is 17.6 Å². The largest absolute Gasteiger partial charge is 0.481 e. The van der Waals surface area contributed by atoms with Crippen LogP contribution in [0.15, 0.2) is 18.2 Å². The summed E-state index contributed by atoms with van der Waals surface area (Å²) in [5.41, 5.74) is 3.30. The second kappa shape index (κ2) is 4.57. The summed E-state index contributed by atoms with van der Waals surface area (Å²) in [5.74, 6) is -0.736. The molecule has 1 heterocycles. The first kappa shape index (κ1) is 11.6. The first-order chi connectivity index (χ1) is 8.09. The van der Waals surface area contributed by atoms with Crippen molar-refractivity contribution in [1.29, 1.82) is 0 Å². The molecular weight excluding hydrogens is 216 g/mol. The van der Waals surface area contributed by atoms with E-state index in [-0.39, 0.29) is 6.42 Å². The molecule has 0 atom stereocenters. The molecule has 0 saturated heterocycles. The number of aryl methyl sites for hydroxylation is 3. The Labute approximate surface area is 99.9 Å². The second-order valence-electron chi connectivity index (χ2n) is 4.27. The van der Waals surface area contributed by atoms with Crippen molar-refractivity contribution in [2.75, 3.05) is 0 Å². The summed E-state index contributed by atoms with van der Waals surface area (Å²) < 4.78 is 1.87. The summed E-state index contributed by atoms with van der Waals surface area (Å²) in [7, 11) is 1.93. The van der Waals surface area contributed by atoms with E-state index < -0.39 is 5.97 Å². The molecule has 2 rings (SSSR count). The molecule has 0 spiro atoms. The fourth-order valence-electron chi connectivity index (χ4n) is 2.24. The number of fused-ring (bicyclic) bond motifs is 1. The molecule has 1 aromatic heterocycles. The third-order valence-corrected chi connectivity index (χ3v) is 2.98. The number of carboxylic acid groups (broad SMARTS) is 1. The van der Waals surface area contributed by atoms with Gasteiger partial charge in [-0.25, -0.2) is 0 Å². The van der Waals surface area contributed by atoms with Crippen molar-refractivity contribution in [1.82, 2.24) is 9.78 Å². The second-order valence-corrected chi connectivity index (χ2v) is 4.27. The van der Waals surface area contributed by atoms with E-state index in [2.05, 4.69) is 11.2 Å². The quantitative estimate of drug-likeness (QED) is 0.879. The maximum Gasteiger partial charge on any atom is 0.303 e. The zero-order chi connectivity index (χ0) is 12.4. The SMILES string of the molecule is Cc1nn(C)c2cccc(CCCC(=O)O)c12. The van der Waals surface area contributed by atoms with Gasteiger partial charge in [-0.05, 0) is 31.4 Å². The third-order valence-electron chi connectivity index (χ3n) is 2.98. The number of hydrogen-bond acceptors (Lipinski definition) is 2. The first-order valence-corrected chi connectivity index (χ1v) is 5.72. The molecule has 0 radical (unpaired) electrons. The lowest BCUT2D eigenvalue weighted by molar-refractivity contribution is -0.137. The Morgan fingerprint density at radius 1 is 1.47 bits per heavy atom. The maximum atomic E-state index is 10.5. The minimum absolute atomic E-state index is 0.218. The number of nitrogens with zero attached hydrogens (tertiary/aromatic N) is 2. The average Bonchev–Trinajstić information content (AvgIpc) is 2.55. The van der Waals surface area contributed by atoms with Crippen molar-refractivity contribution in [3.63, 3.8) is 0 Å². The molecule has 4 heteroatoms. The Kier molecular flexibility index (Phi) is 3.13. The molecule has 2 aromatic rings. The highest BCUT2D eigenvalue weighted by Gasteiger charge is 2.09. The minimum Gasteiger partial charge on any atom is -0.481 e. The van der Waals surface area contributed by atoms with E-state index in [1.807, 2.05) is 30.8 Å². The number of carbonyl (C=O) groups is 1. The number of benzene rings is 1. The predicted octanol–water partition coefficient (Wildman–Crippen LogP) is 2.29. The molecule has 0 aliphatic rings. The standard InChI is InChI=1S/C13H16N2O2/c1-9-13-10(6-4-8-12(16)17)5-3-7-11(13)15(2)14-9/h3,5,7H,4,6,8H2,1-2H3,(H,16,17). The van der Waals surface area contributed by atoms with Gasteiger partial charge in [0.05, 0.1) is 11.2 Å². The van der Waals surface area contributed by atoms with Crippen LogP contribution < -0.4 is 0 Å². The van der Waals surface area contributed by atoms with Gasteiger partial charge in [0.2, 0.25) is 0 Å². The zero-order valence-electron chi connectivity index (χ0n) is 10.1. The van der Waals surface area contributed by atoms with Gasteiger partial charge in [-0.15, -0.1) is 0 Å². The number of carboxylic acids is 1. The van der Waals surface area contributed by atoms with Crippen LogP contribution in [0.4, 0.5) is 0 Å². The number of aliphatic carboxylic acids is 1. The summed E-state index contributed by atoms with van der Waals surface area (Å²) in [4.78, 5) is 10.5. The number of rotatable bonds is 4. The van der Waals surface area contributed by atoms with Crippen molar-refractivity contribution in [3.05, 3.63) is 29.5 Å². The van der Waals surface area contributed by atoms with Crippen molar-refractivity contribution in [2.24, 2.45) is 7.05 Å². The molecule has 0 amide bonds. The van der Waals surface area contributed by atoms with E-state index >= 15 is 0 Å². The Hall–Kier alpha value is -1.84. The number of aromatic nitrogens is 2. The lowest BCUT2D eigenvalue weighted by Crippen LogP contribution is -1.96. The van der Waals surface area contributed by atoms with Crippen LogP contribution in [-0.2, 0) is 18.3 Å². The lowest BCUT2D eigenvalue weighted by Gasteiger charge is -2.03. The van der Waals surface area contributed by atoms with Gasteiger partial charge in [0.1, 0.15) is 0 Å². The Bertz CT molecular complexity index is 558. The molecule has 4 nitrogen and oxygen atoms in total. The normalized spacial score (nSPS) is 10.9. The maximum absolute atomic E-state index is 10.5. The van der Waals surface area contributed by atoms with Crippen molar-refractivity contribution in [3.8, 4) is 0 Å². The average molecular weight is 232 g/mol. The molecule has 0 unspecified atom stereocenters. The Morgan fingerprint density at radius 3 is 2.94 bits per heavy atom. The summed E-state index contributed by atoms with van der Waals surface area (Å²) in [6, 6.07) is 6.09. The highest BCUT2D eigenvalue weighted by molar-refractivity contribution is 5.85. The summed E-state index contributed by atoms with van der Waals surface area (Å²) in [5, 5.41) is 14.2. The molecule has 17 heavy (non-hydrogen) atoms. The van der Waals surface area contributed by atoms with E-state index in [9.17, 15) is 4.79 Å². The van der Waals surface area contributed by atoms with Gasteiger partial charge in [-0.1, -0.05) is 12.1 Å². The van der Waals surface area contributed by atoms with Crippen molar-refractivity contribution < 1.29 is 9.90 Å². The van der Waals surface area contributed by atoms with Gasteiger partial charge in [0, 0.05) is 18.9 Å². The zero-order valence-corrected chi connectivity index (χ0v) is 10.1.